The molecule has 0 aliphatic carbocycles. The van der Waals surface area contributed by atoms with E-state index >= 15 is 0 Å². The van der Waals surface area contributed by atoms with E-state index in [1.54, 1.807) is 31.0 Å². The van der Waals surface area contributed by atoms with Crippen LogP contribution in [-0.2, 0) is 21.9 Å². The maximum Gasteiger partial charge on any atom is 0.410 e. The summed E-state index contributed by atoms with van der Waals surface area (Å²) in [6.07, 6.45) is 0.837. The lowest BCUT2D eigenvalue weighted by atomic mass is 10.1. The molecule has 2 amide bonds. The number of nitrogens with one attached hydrogen (secondary N) is 2. The largest absolute Gasteiger partial charge is 0.497 e. The average molecular weight is 551 g/mol. The number of halogens is 1. The van der Waals surface area contributed by atoms with Crippen molar-refractivity contribution in [1.29, 1.82) is 0 Å². The van der Waals surface area contributed by atoms with Gasteiger partial charge in [-0.1, -0.05) is 12.1 Å². The van der Waals surface area contributed by atoms with Gasteiger partial charge in [-0.05, 0) is 54.8 Å². The number of nitrogens with zero attached hydrogens (tertiary/aromatic N) is 2. The number of carbonyl (C=O) groups is 2. The van der Waals surface area contributed by atoms with Gasteiger partial charge in [0.15, 0.2) is 0 Å². The molecular formula is C25H31ClN4O6S. The number of carbonyl (C=O) groups excluding carboxylic acids is 2. The maximum absolute atomic E-state index is 13.1. The third-order valence-corrected chi connectivity index (χ3v) is 7.67. The summed E-state index contributed by atoms with van der Waals surface area (Å²) in [6, 6.07) is 13.2. The average Bonchev–Trinajstić information content (AvgIpc) is 3.57. The van der Waals surface area contributed by atoms with Crippen LogP contribution in [0, 0.1) is 10.1 Å². The number of benzene rings is 2. The van der Waals surface area contributed by atoms with E-state index in [1.165, 1.54) is 17.0 Å². The minimum atomic E-state index is -0.608. The number of hydrogen-bond acceptors (Lipinski definition) is 8. The summed E-state index contributed by atoms with van der Waals surface area (Å²) in [6.45, 7) is 1.95. The summed E-state index contributed by atoms with van der Waals surface area (Å²) < 4.78 is 10.7. The first-order valence-corrected chi connectivity index (χ1v) is 12.9. The molecule has 2 aliphatic heterocycles. The minimum Gasteiger partial charge on any atom is -0.497 e. The van der Waals surface area contributed by atoms with Crippen molar-refractivity contribution in [3.8, 4) is 5.75 Å². The predicted octanol–water partition coefficient (Wildman–Crippen LogP) is 3.52. The normalized spacial score (nSPS) is 20.7. The molecule has 12 heteroatoms. The molecule has 2 heterocycles. The zero-order valence-corrected chi connectivity index (χ0v) is 22.1. The number of nitro groups is 1. The summed E-state index contributed by atoms with van der Waals surface area (Å²) in [5.74, 6) is 1.38. The molecule has 37 heavy (non-hydrogen) atoms. The van der Waals surface area contributed by atoms with Gasteiger partial charge >= 0.3 is 6.09 Å². The molecule has 2 aliphatic rings. The van der Waals surface area contributed by atoms with Crippen LogP contribution in [0.1, 0.15) is 24.0 Å². The van der Waals surface area contributed by atoms with Crippen LogP contribution in [0.5, 0.6) is 5.75 Å². The van der Waals surface area contributed by atoms with E-state index in [-0.39, 0.29) is 41.9 Å². The van der Waals surface area contributed by atoms with Crippen molar-refractivity contribution in [3.05, 3.63) is 69.8 Å². The Morgan fingerprint density at radius 1 is 1.16 bits per heavy atom. The van der Waals surface area contributed by atoms with Crippen LogP contribution in [0.2, 0.25) is 0 Å². The lowest BCUT2D eigenvalue weighted by Crippen LogP contribution is -2.49. The second-order valence-corrected chi connectivity index (χ2v) is 10.2. The quantitative estimate of drug-likeness (QED) is 0.359. The van der Waals surface area contributed by atoms with Crippen molar-refractivity contribution >= 4 is 41.9 Å². The van der Waals surface area contributed by atoms with Gasteiger partial charge in [0.25, 0.3) is 5.69 Å². The van der Waals surface area contributed by atoms with Gasteiger partial charge < -0.3 is 20.1 Å². The molecule has 3 atom stereocenters. The van der Waals surface area contributed by atoms with Gasteiger partial charge in [0, 0.05) is 42.3 Å². The molecule has 0 saturated carbocycles. The SMILES string of the molecule is COc1ccc(CS[C@H]2C[C@@H](C(=O)N[C@@H]3CCNC3)N(C(=O)OCc3ccc([N+](=O)[O-])cc3)C2)cc1.Cl. The van der Waals surface area contributed by atoms with E-state index in [4.69, 9.17) is 9.47 Å². The Kier molecular flexibility index (Phi) is 10.4. The van der Waals surface area contributed by atoms with Gasteiger partial charge in [0.1, 0.15) is 18.4 Å². The van der Waals surface area contributed by atoms with Gasteiger partial charge in [-0.25, -0.2) is 4.79 Å². The van der Waals surface area contributed by atoms with Crippen molar-refractivity contribution in [1.82, 2.24) is 15.5 Å². The molecule has 4 rings (SSSR count). The van der Waals surface area contributed by atoms with Crippen LogP contribution in [0.25, 0.3) is 0 Å². The fraction of sp³-hybridized carbons (Fsp3) is 0.440. The predicted molar refractivity (Wildman–Crippen MR) is 143 cm³/mol. The lowest BCUT2D eigenvalue weighted by Gasteiger charge is -2.24. The molecule has 0 bridgehead atoms. The lowest BCUT2D eigenvalue weighted by molar-refractivity contribution is -0.384. The first-order chi connectivity index (χ1) is 17.4. The number of non-ortho nitro benzene ring substituents is 1. The molecule has 2 saturated heterocycles. The molecular weight excluding hydrogens is 520 g/mol. The molecule has 200 valence electrons. The number of nitro benzene ring substituents is 1. The molecule has 2 aromatic carbocycles. The Morgan fingerprint density at radius 3 is 2.49 bits per heavy atom. The fourth-order valence-corrected chi connectivity index (χ4v) is 5.53. The number of likely N-dealkylation sites (tertiary alicyclic amines) is 1. The second kappa shape index (κ2) is 13.5. The van der Waals surface area contributed by atoms with E-state index in [9.17, 15) is 19.7 Å². The topological polar surface area (TPSA) is 123 Å². The Balaban J connectivity index is 0.00000380. The van der Waals surface area contributed by atoms with Crippen molar-refractivity contribution in [2.45, 2.75) is 42.5 Å². The Morgan fingerprint density at radius 2 is 1.86 bits per heavy atom. The third kappa shape index (κ3) is 7.73. The van der Waals surface area contributed by atoms with E-state index in [0.29, 0.717) is 18.5 Å². The number of rotatable bonds is 9. The second-order valence-electron chi connectivity index (χ2n) is 8.86. The van der Waals surface area contributed by atoms with Crippen LogP contribution in [0.3, 0.4) is 0 Å². The third-order valence-electron chi connectivity index (χ3n) is 6.36. The van der Waals surface area contributed by atoms with Gasteiger partial charge in [0.05, 0.1) is 12.0 Å². The van der Waals surface area contributed by atoms with Crippen LogP contribution >= 0.6 is 24.2 Å². The van der Waals surface area contributed by atoms with Gasteiger partial charge in [-0.15, -0.1) is 12.4 Å². The zero-order valence-electron chi connectivity index (χ0n) is 20.5. The highest BCUT2D eigenvalue weighted by molar-refractivity contribution is 7.99. The van der Waals surface area contributed by atoms with Crippen LogP contribution in [0.15, 0.2) is 48.5 Å². The van der Waals surface area contributed by atoms with E-state index in [2.05, 4.69) is 10.6 Å². The monoisotopic (exact) mass is 550 g/mol. The zero-order chi connectivity index (χ0) is 25.5. The van der Waals surface area contributed by atoms with E-state index < -0.39 is 17.1 Å². The molecule has 0 radical (unpaired) electrons. The number of thioether (sulfide) groups is 1. The molecule has 0 aromatic heterocycles. The first-order valence-electron chi connectivity index (χ1n) is 11.9. The highest BCUT2D eigenvalue weighted by atomic mass is 35.5. The molecule has 2 aromatic rings. The van der Waals surface area contributed by atoms with Crippen LogP contribution in [-0.4, -0.2) is 65.9 Å². The Hall–Kier alpha value is -3.02. The number of amides is 2. The number of ether oxygens (including phenoxy) is 2. The molecule has 10 nitrogen and oxygen atoms in total. The number of methoxy groups -OCH3 is 1. The van der Waals surface area contributed by atoms with Crippen molar-refractivity contribution in [2.24, 2.45) is 0 Å². The summed E-state index contributed by atoms with van der Waals surface area (Å²) in [5, 5.41) is 17.2. The molecule has 0 spiro atoms. The van der Waals surface area contributed by atoms with Gasteiger partial charge in [-0.3, -0.25) is 19.8 Å². The number of hydrogen-bond donors (Lipinski definition) is 2. The summed E-state index contributed by atoms with van der Waals surface area (Å²) in [5.41, 5.74) is 1.74. The van der Waals surface area contributed by atoms with Gasteiger partial charge in [0.2, 0.25) is 5.91 Å². The van der Waals surface area contributed by atoms with Crippen molar-refractivity contribution in [2.75, 3.05) is 26.7 Å². The molecule has 2 N–H and O–H groups in total. The summed E-state index contributed by atoms with van der Waals surface area (Å²) >= 11 is 1.71. The summed E-state index contributed by atoms with van der Waals surface area (Å²) in [4.78, 5) is 38.0. The maximum atomic E-state index is 13.1. The fourth-order valence-electron chi connectivity index (χ4n) is 4.32. The van der Waals surface area contributed by atoms with Crippen LogP contribution < -0.4 is 15.4 Å². The standard InChI is InChI=1S/C25H30N4O6S.ClH/c1-34-21-8-4-18(5-9-21)16-36-22-12-23(24(30)27-19-10-11-26-13-19)28(14-22)25(31)35-15-17-2-6-20(7-3-17)29(32)33;/h2-9,19,22-23,26H,10-16H2,1H3,(H,27,30);1H/t19-,22+,23+;/m1./s1. The minimum absolute atomic E-state index is 0. The van der Waals surface area contributed by atoms with Crippen LogP contribution in [0.4, 0.5) is 10.5 Å². The Bertz CT molecular complexity index is 1070. The van der Waals surface area contributed by atoms with Gasteiger partial charge in [-0.2, -0.15) is 11.8 Å². The molecule has 0 unspecified atom stereocenters. The highest BCUT2D eigenvalue weighted by Crippen LogP contribution is 2.31. The van der Waals surface area contributed by atoms with Crippen molar-refractivity contribution < 1.29 is 24.0 Å². The van der Waals surface area contributed by atoms with E-state index in [0.717, 1.165) is 36.6 Å². The van der Waals surface area contributed by atoms with E-state index in [1.807, 2.05) is 24.3 Å². The Labute approximate surface area is 226 Å². The molecule has 2 fully saturated rings. The smallest absolute Gasteiger partial charge is 0.410 e. The first kappa shape index (κ1) is 28.5. The summed E-state index contributed by atoms with van der Waals surface area (Å²) in [7, 11) is 1.63. The highest BCUT2D eigenvalue weighted by Gasteiger charge is 2.41. The van der Waals surface area contributed by atoms with Crippen molar-refractivity contribution in [3.63, 3.8) is 0 Å².